The Morgan fingerprint density at radius 1 is 1.12 bits per heavy atom. The summed E-state index contributed by atoms with van der Waals surface area (Å²) in [4.78, 5) is 46.4. The van der Waals surface area contributed by atoms with Gasteiger partial charge in [0, 0.05) is 17.4 Å². The van der Waals surface area contributed by atoms with Crippen LogP contribution in [0.5, 0.6) is 0 Å². The molecule has 1 aromatic carbocycles. The number of ketones is 1. The van der Waals surface area contributed by atoms with Crippen molar-refractivity contribution in [3.63, 3.8) is 0 Å². The maximum absolute atomic E-state index is 12.2. The topological polar surface area (TPSA) is 109 Å². The molecule has 0 radical (unpaired) electrons. The third-order valence-electron chi connectivity index (χ3n) is 3.91. The predicted molar refractivity (Wildman–Crippen MR) is 90.1 cm³/mol. The highest BCUT2D eigenvalue weighted by molar-refractivity contribution is 8.15. The standard InChI is InChI=1S/C17H20O6S/c1-11(18)17(2,9-8-14(19)20)10-13(15(21)22)24-16(23)12-6-4-3-5-7-12/h3-7,13H,8-10H2,1-2H3,(H,19,20)(H,21,22). The Labute approximate surface area is 144 Å². The van der Waals surface area contributed by atoms with E-state index in [1.54, 1.807) is 37.3 Å². The van der Waals surface area contributed by atoms with E-state index in [0.717, 1.165) is 0 Å². The summed E-state index contributed by atoms with van der Waals surface area (Å²) in [5, 5.41) is 16.7. The molecular formula is C17H20O6S. The minimum Gasteiger partial charge on any atom is -0.481 e. The highest BCUT2D eigenvalue weighted by Gasteiger charge is 2.37. The van der Waals surface area contributed by atoms with Crippen LogP contribution in [0.25, 0.3) is 0 Å². The molecule has 6 nitrogen and oxygen atoms in total. The van der Waals surface area contributed by atoms with Gasteiger partial charge in [0.25, 0.3) is 0 Å². The van der Waals surface area contributed by atoms with E-state index in [1.165, 1.54) is 6.92 Å². The van der Waals surface area contributed by atoms with Crippen LogP contribution in [0.4, 0.5) is 0 Å². The molecule has 24 heavy (non-hydrogen) atoms. The van der Waals surface area contributed by atoms with Gasteiger partial charge in [-0.25, -0.2) is 0 Å². The van der Waals surface area contributed by atoms with Gasteiger partial charge in [-0.3, -0.25) is 19.2 Å². The highest BCUT2D eigenvalue weighted by atomic mass is 32.2. The van der Waals surface area contributed by atoms with Crippen LogP contribution in [0.2, 0.25) is 0 Å². The minimum absolute atomic E-state index is 0.0293. The van der Waals surface area contributed by atoms with Gasteiger partial charge in [0.1, 0.15) is 11.0 Å². The highest BCUT2D eigenvalue weighted by Crippen LogP contribution is 2.35. The van der Waals surface area contributed by atoms with Crippen LogP contribution < -0.4 is 0 Å². The van der Waals surface area contributed by atoms with E-state index < -0.39 is 27.7 Å². The van der Waals surface area contributed by atoms with Crippen LogP contribution in [-0.4, -0.2) is 38.3 Å². The molecule has 0 spiro atoms. The summed E-state index contributed by atoms with van der Waals surface area (Å²) < 4.78 is 0. The summed E-state index contributed by atoms with van der Waals surface area (Å²) in [6.45, 7) is 2.85. The lowest BCUT2D eigenvalue weighted by molar-refractivity contribution is -0.138. The van der Waals surface area contributed by atoms with Crippen molar-refractivity contribution < 1.29 is 29.4 Å². The Morgan fingerprint density at radius 3 is 2.17 bits per heavy atom. The van der Waals surface area contributed by atoms with Gasteiger partial charge in [-0.2, -0.15) is 0 Å². The summed E-state index contributed by atoms with van der Waals surface area (Å²) in [5.74, 6) is -2.54. The molecule has 2 atom stereocenters. The average Bonchev–Trinajstić information content (AvgIpc) is 2.52. The summed E-state index contributed by atoms with van der Waals surface area (Å²) in [7, 11) is 0. The van der Waals surface area contributed by atoms with Crippen LogP contribution in [0, 0.1) is 5.41 Å². The summed E-state index contributed by atoms with van der Waals surface area (Å²) in [5.41, 5.74) is -0.727. The van der Waals surface area contributed by atoms with Crippen LogP contribution in [-0.2, 0) is 14.4 Å². The molecule has 0 aliphatic heterocycles. The maximum atomic E-state index is 12.2. The Hall–Kier alpha value is -2.15. The van der Waals surface area contributed by atoms with Crippen LogP contribution in [0.3, 0.4) is 0 Å². The summed E-state index contributed by atoms with van der Waals surface area (Å²) in [6.07, 6.45) is -0.310. The molecule has 0 saturated heterocycles. The van der Waals surface area contributed by atoms with E-state index in [-0.39, 0.29) is 25.0 Å². The molecule has 0 saturated carbocycles. The number of hydrogen-bond acceptors (Lipinski definition) is 5. The number of Topliss-reactive ketones (excluding diaryl/α,β-unsaturated/α-hetero) is 1. The molecule has 0 amide bonds. The van der Waals surface area contributed by atoms with Crippen LogP contribution in [0.1, 0.15) is 43.5 Å². The SMILES string of the molecule is CC(=O)C(C)(CCC(=O)O)CC(SC(=O)c1ccccc1)C(=O)O. The van der Waals surface area contributed by atoms with Gasteiger partial charge in [0.15, 0.2) is 0 Å². The van der Waals surface area contributed by atoms with Crippen molar-refractivity contribution in [3.8, 4) is 0 Å². The van der Waals surface area contributed by atoms with Gasteiger partial charge >= 0.3 is 11.9 Å². The van der Waals surface area contributed by atoms with Crippen molar-refractivity contribution in [3.05, 3.63) is 35.9 Å². The van der Waals surface area contributed by atoms with E-state index in [2.05, 4.69) is 0 Å². The number of carboxylic acid groups (broad SMARTS) is 2. The third-order valence-corrected chi connectivity index (χ3v) is 5.01. The molecule has 0 aliphatic rings. The zero-order chi connectivity index (χ0) is 18.3. The molecule has 2 N–H and O–H groups in total. The van der Waals surface area contributed by atoms with Crippen LogP contribution in [0.15, 0.2) is 30.3 Å². The van der Waals surface area contributed by atoms with Crippen molar-refractivity contribution in [1.29, 1.82) is 0 Å². The second-order valence-electron chi connectivity index (χ2n) is 5.81. The van der Waals surface area contributed by atoms with Gasteiger partial charge in [-0.05, 0) is 19.8 Å². The fourth-order valence-corrected chi connectivity index (χ4v) is 3.25. The number of carboxylic acids is 2. The minimum atomic E-state index is -1.20. The quantitative estimate of drug-likeness (QED) is 0.703. The van der Waals surface area contributed by atoms with Crippen molar-refractivity contribution in [2.45, 2.75) is 38.4 Å². The van der Waals surface area contributed by atoms with Gasteiger partial charge < -0.3 is 10.2 Å². The molecule has 0 aliphatic carbocycles. The van der Waals surface area contributed by atoms with E-state index in [0.29, 0.717) is 17.3 Å². The van der Waals surface area contributed by atoms with E-state index in [4.69, 9.17) is 5.11 Å². The summed E-state index contributed by atoms with van der Waals surface area (Å²) >= 11 is 0.646. The van der Waals surface area contributed by atoms with Gasteiger partial charge in [0.2, 0.25) is 5.12 Å². The fourth-order valence-electron chi connectivity index (χ4n) is 2.16. The van der Waals surface area contributed by atoms with Gasteiger partial charge in [-0.15, -0.1) is 0 Å². The molecule has 130 valence electrons. The third kappa shape index (κ3) is 5.81. The number of hydrogen-bond donors (Lipinski definition) is 2. The lowest BCUT2D eigenvalue weighted by atomic mass is 9.77. The van der Waals surface area contributed by atoms with Crippen molar-refractivity contribution >= 4 is 34.6 Å². The van der Waals surface area contributed by atoms with Crippen molar-refractivity contribution in [2.75, 3.05) is 0 Å². The molecule has 0 bridgehead atoms. The van der Waals surface area contributed by atoms with E-state index >= 15 is 0 Å². The fraction of sp³-hybridized carbons (Fsp3) is 0.412. The first-order chi connectivity index (χ1) is 11.2. The maximum Gasteiger partial charge on any atom is 0.317 e. The molecule has 7 heteroatoms. The Bertz CT molecular complexity index is 627. The predicted octanol–water partition coefficient (Wildman–Crippen LogP) is 2.86. The molecule has 0 aromatic heterocycles. The second kappa shape index (κ2) is 8.63. The zero-order valence-electron chi connectivity index (χ0n) is 13.5. The van der Waals surface area contributed by atoms with E-state index in [9.17, 15) is 24.3 Å². The molecule has 0 fully saturated rings. The molecule has 0 heterocycles. The lowest BCUT2D eigenvalue weighted by Gasteiger charge is -2.28. The van der Waals surface area contributed by atoms with Gasteiger partial charge in [0.05, 0.1) is 0 Å². The molecule has 1 rings (SSSR count). The van der Waals surface area contributed by atoms with Gasteiger partial charge in [-0.1, -0.05) is 49.0 Å². The number of aliphatic carboxylic acids is 2. The summed E-state index contributed by atoms with van der Waals surface area (Å²) in [6, 6.07) is 8.27. The van der Waals surface area contributed by atoms with Crippen molar-refractivity contribution in [1.82, 2.24) is 0 Å². The average molecular weight is 352 g/mol. The molecule has 1 aromatic rings. The first kappa shape index (κ1) is 19.9. The number of rotatable bonds is 9. The Balaban J connectivity index is 2.90. The number of thioether (sulfide) groups is 1. The normalized spacial score (nSPS) is 14.4. The molecule has 2 unspecified atom stereocenters. The Kier molecular flexibility index (Phi) is 7.16. The smallest absolute Gasteiger partial charge is 0.317 e. The number of benzene rings is 1. The lowest BCUT2D eigenvalue weighted by Crippen LogP contribution is -2.34. The van der Waals surface area contributed by atoms with Crippen LogP contribution >= 0.6 is 11.8 Å². The first-order valence-corrected chi connectivity index (χ1v) is 8.25. The van der Waals surface area contributed by atoms with Crippen molar-refractivity contribution in [2.24, 2.45) is 5.41 Å². The van der Waals surface area contributed by atoms with E-state index in [1.807, 2.05) is 0 Å². The monoisotopic (exact) mass is 352 g/mol. The second-order valence-corrected chi connectivity index (χ2v) is 6.99. The first-order valence-electron chi connectivity index (χ1n) is 7.37. The number of carbonyl (C=O) groups is 4. The Morgan fingerprint density at radius 2 is 1.71 bits per heavy atom. The zero-order valence-corrected chi connectivity index (χ0v) is 14.3. The largest absolute Gasteiger partial charge is 0.481 e. The number of carbonyl (C=O) groups excluding carboxylic acids is 2. The molecular weight excluding hydrogens is 332 g/mol.